The van der Waals surface area contributed by atoms with E-state index < -0.39 is 36.3 Å². The maximum absolute atomic E-state index is 14.6. The van der Waals surface area contributed by atoms with Gasteiger partial charge in [0, 0.05) is 13.6 Å². The highest BCUT2D eigenvalue weighted by atomic mass is 19.3. The Labute approximate surface area is 158 Å². The van der Waals surface area contributed by atoms with Gasteiger partial charge >= 0.3 is 12.2 Å². The van der Waals surface area contributed by atoms with E-state index in [1.54, 1.807) is 45.0 Å². The van der Waals surface area contributed by atoms with E-state index in [9.17, 15) is 18.4 Å². The van der Waals surface area contributed by atoms with Crippen LogP contribution in [0.2, 0.25) is 0 Å². The lowest BCUT2D eigenvalue weighted by atomic mass is 10.00. The summed E-state index contributed by atoms with van der Waals surface area (Å²) in [5.74, 6) is -3.27. The van der Waals surface area contributed by atoms with Crippen LogP contribution in [0, 0.1) is 0 Å². The molecular weight excluding hydrogens is 358 g/mol. The molecule has 1 fully saturated rings. The van der Waals surface area contributed by atoms with Gasteiger partial charge in [-0.05, 0) is 32.8 Å². The zero-order valence-electron chi connectivity index (χ0n) is 16.1. The molecule has 2 amide bonds. The Hall–Kier alpha value is -2.38. The summed E-state index contributed by atoms with van der Waals surface area (Å²) in [6, 6.07) is 7.64. The highest BCUT2D eigenvalue weighted by Gasteiger charge is 2.50. The summed E-state index contributed by atoms with van der Waals surface area (Å²) in [4.78, 5) is 26.1. The fraction of sp³-hybridized carbons (Fsp3) is 0.579. The molecule has 0 aromatic heterocycles. The smallest absolute Gasteiger partial charge is 0.410 e. The Morgan fingerprint density at radius 1 is 1.26 bits per heavy atom. The molecule has 0 aliphatic carbocycles. The van der Waals surface area contributed by atoms with E-state index >= 15 is 0 Å². The highest BCUT2D eigenvalue weighted by molar-refractivity contribution is 5.69. The molecule has 1 aromatic rings. The van der Waals surface area contributed by atoms with Crippen LogP contribution in [0.4, 0.5) is 18.4 Å². The van der Waals surface area contributed by atoms with Crippen molar-refractivity contribution in [3.05, 3.63) is 35.9 Å². The van der Waals surface area contributed by atoms with Gasteiger partial charge in [-0.1, -0.05) is 30.3 Å². The first-order valence-corrected chi connectivity index (χ1v) is 8.79. The number of ether oxygens (including phenoxy) is 2. The summed E-state index contributed by atoms with van der Waals surface area (Å²) < 4.78 is 39.4. The number of rotatable bonds is 3. The number of nitrogens with zero attached hydrogens (tertiary/aromatic N) is 2. The molecule has 0 saturated carbocycles. The van der Waals surface area contributed by atoms with Gasteiger partial charge in [-0.2, -0.15) is 0 Å². The van der Waals surface area contributed by atoms with Crippen LogP contribution in [0.3, 0.4) is 0 Å². The molecule has 150 valence electrons. The van der Waals surface area contributed by atoms with E-state index in [1.807, 2.05) is 6.07 Å². The van der Waals surface area contributed by atoms with Crippen molar-refractivity contribution in [2.75, 3.05) is 20.1 Å². The van der Waals surface area contributed by atoms with Gasteiger partial charge in [-0.15, -0.1) is 0 Å². The lowest BCUT2D eigenvalue weighted by Crippen LogP contribution is -2.60. The van der Waals surface area contributed by atoms with Crippen LogP contribution >= 0.6 is 0 Å². The molecule has 1 aliphatic heterocycles. The normalized spacial score (nSPS) is 19.3. The summed E-state index contributed by atoms with van der Waals surface area (Å²) in [6.45, 7) is 4.30. The molecule has 1 aliphatic rings. The Kier molecular flexibility index (Phi) is 6.28. The van der Waals surface area contributed by atoms with Crippen molar-refractivity contribution in [3.63, 3.8) is 0 Å². The second-order valence-electron chi connectivity index (χ2n) is 7.62. The molecule has 0 bridgehead atoms. The monoisotopic (exact) mass is 384 g/mol. The van der Waals surface area contributed by atoms with E-state index in [2.05, 4.69) is 0 Å². The van der Waals surface area contributed by atoms with Gasteiger partial charge in [-0.25, -0.2) is 18.4 Å². The molecule has 1 heterocycles. The predicted molar refractivity (Wildman–Crippen MR) is 95.5 cm³/mol. The summed E-state index contributed by atoms with van der Waals surface area (Å²) in [7, 11) is 1.29. The predicted octanol–water partition coefficient (Wildman–Crippen LogP) is 3.90. The maximum Gasteiger partial charge on any atom is 0.410 e. The van der Waals surface area contributed by atoms with Crippen LogP contribution < -0.4 is 0 Å². The second-order valence-corrected chi connectivity index (χ2v) is 7.62. The number of carbonyl (C=O) groups excluding carboxylic acids is 2. The molecular formula is C19H26F2N2O4. The molecule has 0 unspecified atom stereocenters. The first-order valence-electron chi connectivity index (χ1n) is 8.79. The van der Waals surface area contributed by atoms with E-state index in [1.165, 1.54) is 7.05 Å². The van der Waals surface area contributed by atoms with Crippen molar-refractivity contribution < 1.29 is 27.8 Å². The zero-order valence-corrected chi connectivity index (χ0v) is 16.1. The Bertz CT molecular complexity index is 661. The molecule has 1 saturated heterocycles. The average Bonchev–Trinajstić information content (AvgIpc) is 2.57. The summed E-state index contributed by atoms with van der Waals surface area (Å²) in [5, 5.41) is 0. The Morgan fingerprint density at radius 2 is 1.89 bits per heavy atom. The quantitative estimate of drug-likeness (QED) is 0.793. The van der Waals surface area contributed by atoms with Crippen LogP contribution in [0.1, 0.15) is 32.8 Å². The number of carbonyl (C=O) groups is 2. The summed E-state index contributed by atoms with van der Waals surface area (Å²) in [6.07, 6.45) is -1.67. The summed E-state index contributed by atoms with van der Waals surface area (Å²) in [5.41, 5.74) is 0.00657. The molecule has 2 rings (SSSR count). The molecule has 27 heavy (non-hydrogen) atoms. The van der Waals surface area contributed by atoms with Crippen LogP contribution in [0.5, 0.6) is 0 Å². The van der Waals surface area contributed by atoms with Gasteiger partial charge in [0.1, 0.15) is 18.2 Å². The fourth-order valence-electron chi connectivity index (χ4n) is 2.84. The van der Waals surface area contributed by atoms with Crippen molar-refractivity contribution >= 4 is 12.2 Å². The van der Waals surface area contributed by atoms with Crippen molar-refractivity contribution in [1.82, 2.24) is 9.80 Å². The molecule has 0 N–H and O–H groups in total. The van der Waals surface area contributed by atoms with E-state index in [-0.39, 0.29) is 19.6 Å². The highest BCUT2D eigenvalue weighted by Crippen LogP contribution is 2.32. The standard InChI is InChI=1S/C19H26F2N2O4/c1-18(2,3)27-17(25)23-11-10-15(19(20,21)13-23)22(4)16(24)26-12-14-8-6-5-7-9-14/h5-9,15H,10-13H2,1-4H3/t15-/m0/s1. The third kappa shape index (κ3) is 5.80. The minimum atomic E-state index is -3.27. The van der Waals surface area contributed by atoms with Crippen molar-refractivity contribution in [2.24, 2.45) is 0 Å². The summed E-state index contributed by atoms with van der Waals surface area (Å²) >= 11 is 0. The minimum absolute atomic E-state index is 0.00629. The number of hydrogen-bond donors (Lipinski definition) is 0. The average molecular weight is 384 g/mol. The van der Waals surface area contributed by atoms with Gasteiger partial charge in [0.2, 0.25) is 0 Å². The van der Waals surface area contributed by atoms with Crippen molar-refractivity contribution in [3.8, 4) is 0 Å². The first kappa shape index (κ1) is 20.9. The van der Waals surface area contributed by atoms with Gasteiger partial charge < -0.3 is 19.3 Å². The van der Waals surface area contributed by atoms with Crippen LogP contribution in [-0.4, -0.2) is 59.7 Å². The minimum Gasteiger partial charge on any atom is -0.445 e. The van der Waals surface area contributed by atoms with Gasteiger partial charge in [0.25, 0.3) is 5.92 Å². The Balaban J connectivity index is 1.94. The van der Waals surface area contributed by atoms with Crippen LogP contribution in [0.15, 0.2) is 30.3 Å². The first-order chi connectivity index (χ1) is 12.5. The van der Waals surface area contributed by atoms with E-state index in [0.29, 0.717) is 0 Å². The third-order valence-corrected chi connectivity index (χ3v) is 4.17. The number of piperidine rings is 1. The molecule has 8 heteroatoms. The molecule has 0 spiro atoms. The van der Waals surface area contributed by atoms with Crippen LogP contribution in [-0.2, 0) is 16.1 Å². The fourth-order valence-corrected chi connectivity index (χ4v) is 2.84. The van der Waals surface area contributed by atoms with Crippen molar-refractivity contribution in [1.29, 1.82) is 0 Å². The third-order valence-electron chi connectivity index (χ3n) is 4.17. The van der Waals surface area contributed by atoms with Crippen molar-refractivity contribution in [2.45, 2.75) is 51.4 Å². The molecule has 0 radical (unpaired) electrons. The van der Waals surface area contributed by atoms with E-state index in [4.69, 9.17) is 9.47 Å². The molecule has 1 aromatic carbocycles. The van der Waals surface area contributed by atoms with Crippen LogP contribution in [0.25, 0.3) is 0 Å². The number of likely N-dealkylation sites (tertiary alicyclic amines) is 1. The zero-order chi connectivity index (χ0) is 20.2. The number of halogens is 2. The lowest BCUT2D eigenvalue weighted by Gasteiger charge is -2.41. The number of amides is 2. The van der Waals surface area contributed by atoms with Gasteiger partial charge in [0.15, 0.2) is 0 Å². The number of hydrogen-bond acceptors (Lipinski definition) is 4. The topological polar surface area (TPSA) is 59.1 Å². The number of alkyl halides is 2. The molecule has 1 atom stereocenters. The number of benzene rings is 1. The lowest BCUT2D eigenvalue weighted by molar-refractivity contribution is -0.116. The van der Waals surface area contributed by atoms with Gasteiger partial charge in [0.05, 0.1) is 6.54 Å². The maximum atomic E-state index is 14.6. The SMILES string of the molecule is CN(C(=O)OCc1ccccc1)[C@H]1CCN(C(=O)OC(C)(C)C)CC1(F)F. The van der Waals surface area contributed by atoms with E-state index in [0.717, 1.165) is 15.4 Å². The largest absolute Gasteiger partial charge is 0.445 e. The Morgan fingerprint density at radius 3 is 2.44 bits per heavy atom. The van der Waals surface area contributed by atoms with Gasteiger partial charge in [-0.3, -0.25) is 0 Å². The second kappa shape index (κ2) is 8.10. The molecule has 6 nitrogen and oxygen atoms in total.